The summed E-state index contributed by atoms with van der Waals surface area (Å²) in [4.78, 5) is 25.4. The first-order valence-electron chi connectivity index (χ1n) is 12.4. The lowest BCUT2D eigenvalue weighted by Crippen LogP contribution is -2.48. The number of benzene rings is 2. The molecule has 2 fully saturated rings. The summed E-state index contributed by atoms with van der Waals surface area (Å²) in [6, 6.07) is 12.3. The van der Waals surface area contributed by atoms with Gasteiger partial charge in [0.15, 0.2) is 0 Å². The molecule has 0 aliphatic carbocycles. The van der Waals surface area contributed by atoms with Crippen LogP contribution in [0.5, 0.6) is 0 Å². The monoisotopic (exact) mass is 548 g/mol. The molecule has 2 aliphatic rings. The van der Waals surface area contributed by atoms with Crippen molar-refractivity contribution in [3.63, 3.8) is 0 Å². The zero-order valence-corrected chi connectivity index (χ0v) is 22.4. The van der Waals surface area contributed by atoms with Gasteiger partial charge in [0.05, 0.1) is 9.79 Å². The lowest BCUT2D eigenvalue weighted by molar-refractivity contribution is -0.126. The zero-order valence-electron chi connectivity index (χ0n) is 20.7. The standard InChI is InChI=1S/C25H32N4O6S2/c1-19-5-9-22(10-6-19)37(34,35)29-17-13-21(14-18-29)25(31)27-26-24(30)20-7-11-23(12-8-20)36(32,33)28-15-3-2-4-16-28/h5-12,21H,2-4,13-18H2,1H3,(H,26,30)(H,27,31). The Morgan fingerprint density at radius 1 is 0.703 bits per heavy atom. The first-order valence-corrected chi connectivity index (χ1v) is 15.2. The number of carbonyl (C=O) groups is 2. The van der Waals surface area contributed by atoms with Gasteiger partial charge in [-0.15, -0.1) is 0 Å². The van der Waals surface area contributed by atoms with Crippen LogP contribution in [0.3, 0.4) is 0 Å². The number of sulfonamides is 2. The van der Waals surface area contributed by atoms with E-state index in [0.29, 0.717) is 25.9 Å². The second kappa shape index (κ2) is 11.3. The van der Waals surface area contributed by atoms with E-state index in [1.165, 1.54) is 32.9 Å². The van der Waals surface area contributed by atoms with Crippen LogP contribution in [0.25, 0.3) is 0 Å². The second-order valence-corrected chi connectivity index (χ2v) is 13.3. The van der Waals surface area contributed by atoms with Gasteiger partial charge in [-0.25, -0.2) is 16.8 Å². The third-order valence-electron chi connectivity index (χ3n) is 6.85. The first kappa shape index (κ1) is 27.2. The van der Waals surface area contributed by atoms with Crippen molar-refractivity contribution < 1.29 is 26.4 Å². The highest BCUT2D eigenvalue weighted by Gasteiger charge is 2.32. The van der Waals surface area contributed by atoms with Crippen molar-refractivity contribution in [2.24, 2.45) is 5.92 Å². The van der Waals surface area contributed by atoms with Crippen LogP contribution in [-0.2, 0) is 24.8 Å². The molecule has 2 aliphatic heterocycles. The smallest absolute Gasteiger partial charge is 0.269 e. The van der Waals surface area contributed by atoms with Gasteiger partial charge in [-0.3, -0.25) is 20.4 Å². The summed E-state index contributed by atoms with van der Waals surface area (Å²) in [5.41, 5.74) is 5.94. The fourth-order valence-electron chi connectivity index (χ4n) is 4.54. The maximum absolute atomic E-state index is 12.9. The van der Waals surface area contributed by atoms with Gasteiger partial charge < -0.3 is 0 Å². The second-order valence-electron chi connectivity index (χ2n) is 9.42. The van der Waals surface area contributed by atoms with Crippen molar-refractivity contribution in [1.82, 2.24) is 19.5 Å². The normalized spacial score (nSPS) is 18.3. The van der Waals surface area contributed by atoms with Gasteiger partial charge in [-0.2, -0.15) is 8.61 Å². The molecule has 37 heavy (non-hydrogen) atoms. The van der Waals surface area contributed by atoms with Gasteiger partial charge in [-0.05, 0) is 69.0 Å². The molecule has 0 saturated carbocycles. The topological polar surface area (TPSA) is 133 Å². The van der Waals surface area contributed by atoms with E-state index in [4.69, 9.17) is 0 Å². The molecule has 2 amide bonds. The third-order valence-corrected chi connectivity index (χ3v) is 10.7. The number of hydrogen-bond acceptors (Lipinski definition) is 6. The molecule has 12 heteroatoms. The fourth-order valence-corrected chi connectivity index (χ4v) is 7.53. The van der Waals surface area contributed by atoms with E-state index in [9.17, 15) is 26.4 Å². The molecule has 0 atom stereocenters. The molecule has 0 spiro atoms. The predicted molar refractivity (Wildman–Crippen MR) is 137 cm³/mol. The summed E-state index contributed by atoms with van der Waals surface area (Å²) in [7, 11) is -7.22. The van der Waals surface area contributed by atoms with Crippen LogP contribution in [0.15, 0.2) is 58.3 Å². The van der Waals surface area contributed by atoms with Crippen LogP contribution in [0.1, 0.15) is 48.0 Å². The number of aryl methyl sites for hydroxylation is 1. The van der Waals surface area contributed by atoms with Gasteiger partial charge in [0.1, 0.15) is 0 Å². The molecule has 0 aromatic heterocycles. The van der Waals surface area contributed by atoms with Crippen LogP contribution < -0.4 is 10.9 Å². The van der Waals surface area contributed by atoms with Gasteiger partial charge in [-0.1, -0.05) is 24.1 Å². The number of nitrogens with one attached hydrogen (secondary N) is 2. The van der Waals surface area contributed by atoms with E-state index < -0.39 is 37.8 Å². The Labute approximate surface area is 218 Å². The molecular weight excluding hydrogens is 516 g/mol. The molecule has 4 rings (SSSR count). The Bertz CT molecular complexity index is 1330. The third kappa shape index (κ3) is 6.20. The Morgan fingerprint density at radius 3 is 1.73 bits per heavy atom. The quantitative estimate of drug-likeness (QED) is 0.531. The van der Waals surface area contributed by atoms with E-state index in [0.717, 1.165) is 24.8 Å². The van der Waals surface area contributed by atoms with Gasteiger partial charge in [0, 0.05) is 37.7 Å². The Kier molecular flexibility index (Phi) is 8.32. The lowest BCUT2D eigenvalue weighted by Gasteiger charge is -2.30. The Balaban J connectivity index is 1.28. The molecule has 2 heterocycles. The number of nitrogens with zero attached hydrogens (tertiary/aromatic N) is 2. The molecule has 2 N–H and O–H groups in total. The highest BCUT2D eigenvalue weighted by Crippen LogP contribution is 2.24. The SMILES string of the molecule is Cc1ccc(S(=O)(=O)N2CCC(C(=O)NNC(=O)c3ccc(S(=O)(=O)N4CCCCC4)cc3)CC2)cc1. The molecule has 2 saturated heterocycles. The molecule has 10 nitrogen and oxygen atoms in total. The minimum absolute atomic E-state index is 0.127. The lowest BCUT2D eigenvalue weighted by atomic mass is 9.98. The van der Waals surface area contributed by atoms with E-state index >= 15 is 0 Å². The number of amides is 2. The van der Waals surface area contributed by atoms with Crippen molar-refractivity contribution in [1.29, 1.82) is 0 Å². The van der Waals surface area contributed by atoms with Crippen molar-refractivity contribution in [2.45, 2.75) is 48.8 Å². The number of rotatable bonds is 6. The molecule has 200 valence electrons. The largest absolute Gasteiger partial charge is 0.273 e. The number of hydrazine groups is 1. The van der Waals surface area contributed by atoms with E-state index in [2.05, 4.69) is 10.9 Å². The number of carbonyl (C=O) groups excluding carboxylic acids is 2. The molecule has 2 aromatic rings. The van der Waals surface area contributed by atoms with Crippen LogP contribution in [-0.4, -0.2) is 63.4 Å². The van der Waals surface area contributed by atoms with Gasteiger partial charge >= 0.3 is 0 Å². The van der Waals surface area contributed by atoms with Crippen molar-refractivity contribution in [3.8, 4) is 0 Å². The minimum atomic E-state index is -3.63. The first-order chi connectivity index (χ1) is 17.6. The summed E-state index contributed by atoms with van der Waals surface area (Å²) in [6.45, 7) is 3.28. The summed E-state index contributed by atoms with van der Waals surface area (Å²) >= 11 is 0. The average molecular weight is 549 g/mol. The summed E-state index contributed by atoms with van der Waals surface area (Å²) in [5.74, 6) is -1.42. The predicted octanol–water partition coefficient (Wildman–Crippen LogP) is 2.03. The molecular formula is C25H32N4O6S2. The van der Waals surface area contributed by atoms with Crippen molar-refractivity contribution in [2.75, 3.05) is 26.2 Å². The van der Waals surface area contributed by atoms with Gasteiger partial charge in [0.25, 0.3) is 5.91 Å². The molecule has 0 unspecified atom stereocenters. The fraction of sp³-hybridized carbons (Fsp3) is 0.440. The van der Waals surface area contributed by atoms with Crippen LogP contribution >= 0.6 is 0 Å². The minimum Gasteiger partial charge on any atom is -0.273 e. The van der Waals surface area contributed by atoms with Crippen LogP contribution in [0, 0.1) is 12.8 Å². The van der Waals surface area contributed by atoms with Gasteiger partial charge in [0.2, 0.25) is 26.0 Å². The summed E-state index contributed by atoms with van der Waals surface area (Å²) in [6.07, 6.45) is 3.34. The highest BCUT2D eigenvalue weighted by atomic mass is 32.2. The molecule has 0 radical (unpaired) electrons. The highest BCUT2D eigenvalue weighted by molar-refractivity contribution is 7.89. The van der Waals surface area contributed by atoms with Crippen LogP contribution in [0.2, 0.25) is 0 Å². The maximum atomic E-state index is 12.9. The van der Waals surface area contributed by atoms with E-state index in [1.807, 2.05) is 6.92 Å². The zero-order chi connectivity index (χ0) is 26.6. The Morgan fingerprint density at radius 2 is 1.19 bits per heavy atom. The van der Waals surface area contributed by atoms with Crippen LogP contribution in [0.4, 0.5) is 0 Å². The van der Waals surface area contributed by atoms with E-state index in [1.54, 1.807) is 24.3 Å². The van der Waals surface area contributed by atoms with E-state index in [-0.39, 0.29) is 28.4 Å². The van der Waals surface area contributed by atoms with Crippen molar-refractivity contribution >= 4 is 31.9 Å². The summed E-state index contributed by atoms with van der Waals surface area (Å²) < 4.78 is 54.1. The Hall–Kier alpha value is -2.80. The molecule has 2 aromatic carbocycles. The molecule has 0 bridgehead atoms. The summed E-state index contributed by atoms with van der Waals surface area (Å²) in [5, 5.41) is 0. The number of hydrogen-bond donors (Lipinski definition) is 2. The average Bonchev–Trinajstić information content (AvgIpc) is 2.92. The van der Waals surface area contributed by atoms with Crippen molar-refractivity contribution in [3.05, 3.63) is 59.7 Å². The maximum Gasteiger partial charge on any atom is 0.269 e. The number of piperidine rings is 2.